The Morgan fingerprint density at radius 2 is 2.04 bits per heavy atom. The molecular formula is C22H20N2OS3. The topological polar surface area (TPSA) is 33.2 Å². The maximum atomic E-state index is 13.1. The number of carbonyl (C=O) groups excluding carboxylic acids is 1. The fraction of sp³-hybridized carbons (Fsp3) is 0.273. The molecule has 6 heteroatoms. The second-order valence-electron chi connectivity index (χ2n) is 6.98. The Hall–Kier alpha value is -2.02. The summed E-state index contributed by atoms with van der Waals surface area (Å²) >= 11 is 5.30. The van der Waals surface area contributed by atoms with E-state index in [-0.39, 0.29) is 11.9 Å². The number of thiazole rings is 1. The minimum atomic E-state index is 0.0879. The lowest BCUT2D eigenvalue weighted by Gasteiger charge is -2.35. The zero-order chi connectivity index (χ0) is 18.9. The van der Waals surface area contributed by atoms with Gasteiger partial charge in [0, 0.05) is 22.7 Å². The highest BCUT2D eigenvalue weighted by molar-refractivity contribution is 7.18. The van der Waals surface area contributed by atoms with Gasteiger partial charge in [-0.25, -0.2) is 4.98 Å². The summed E-state index contributed by atoms with van der Waals surface area (Å²) in [5, 5.41) is 5.39. The number of aromatic nitrogens is 1. The average Bonchev–Trinajstić information content (AvgIpc) is 3.46. The Balaban J connectivity index is 1.29. The highest BCUT2D eigenvalue weighted by Gasteiger charge is 2.32. The van der Waals surface area contributed by atoms with Crippen LogP contribution < -0.4 is 0 Å². The molecule has 3 nitrogen and oxygen atoms in total. The van der Waals surface area contributed by atoms with Crippen molar-refractivity contribution in [3.63, 3.8) is 0 Å². The quantitative estimate of drug-likeness (QED) is 0.399. The fourth-order valence-corrected chi connectivity index (χ4v) is 6.67. The molecule has 4 aromatic rings. The minimum absolute atomic E-state index is 0.0879. The van der Waals surface area contributed by atoms with E-state index < -0.39 is 0 Å². The highest BCUT2D eigenvalue weighted by Crippen LogP contribution is 2.39. The van der Waals surface area contributed by atoms with Crippen LogP contribution >= 0.6 is 34.0 Å². The predicted octanol–water partition coefficient (Wildman–Crippen LogP) is 5.92. The second kappa shape index (κ2) is 7.78. The SMILES string of the molecule is O=C(CCCc1nc2ccccc2s1)N1CCc2sccc2[C@@H]1c1cccs1. The van der Waals surface area contributed by atoms with Gasteiger partial charge in [0.15, 0.2) is 0 Å². The summed E-state index contributed by atoms with van der Waals surface area (Å²) in [6.07, 6.45) is 3.27. The molecule has 0 unspecified atom stereocenters. The molecule has 28 heavy (non-hydrogen) atoms. The number of benzene rings is 1. The van der Waals surface area contributed by atoms with Crippen LogP contribution in [0.1, 0.15) is 39.2 Å². The first-order valence-electron chi connectivity index (χ1n) is 9.53. The van der Waals surface area contributed by atoms with Gasteiger partial charge in [0.05, 0.1) is 21.3 Å². The molecular weight excluding hydrogens is 404 g/mol. The molecule has 5 rings (SSSR count). The van der Waals surface area contributed by atoms with Gasteiger partial charge in [0.25, 0.3) is 0 Å². The lowest BCUT2D eigenvalue weighted by Crippen LogP contribution is -2.39. The van der Waals surface area contributed by atoms with Gasteiger partial charge in [-0.05, 0) is 59.9 Å². The van der Waals surface area contributed by atoms with Gasteiger partial charge in [0.1, 0.15) is 0 Å². The number of hydrogen-bond acceptors (Lipinski definition) is 5. The molecule has 0 fully saturated rings. The van der Waals surface area contributed by atoms with Crippen LogP contribution in [0.15, 0.2) is 53.2 Å². The third-order valence-electron chi connectivity index (χ3n) is 5.22. The van der Waals surface area contributed by atoms with Gasteiger partial charge in [-0.15, -0.1) is 34.0 Å². The maximum Gasteiger partial charge on any atom is 0.223 e. The van der Waals surface area contributed by atoms with Gasteiger partial charge in [-0.1, -0.05) is 18.2 Å². The van der Waals surface area contributed by atoms with Crippen LogP contribution in [0.4, 0.5) is 0 Å². The summed E-state index contributed by atoms with van der Waals surface area (Å²) in [5.74, 6) is 0.261. The normalized spacial score (nSPS) is 16.4. The number of aryl methyl sites for hydroxylation is 1. The van der Waals surface area contributed by atoms with E-state index in [4.69, 9.17) is 4.98 Å². The van der Waals surface area contributed by atoms with E-state index in [9.17, 15) is 4.79 Å². The van der Waals surface area contributed by atoms with Crippen molar-refractivity contribution in [1.29, 1.82) is 0 Å². The molecule has 3 aromatic heterocycles. The zero-order valence-electron chi connectivity index (χ0n) is 15.3. The van der Waals surface area contributed by atoms with Crippen LogP contribution in [0.5, 0.6) is 0 Å². The van der Waals surface area contributed by atoms with Gasteiger partial charge < -0.3 is 4.90 Å². The largest absolute Gasteiger partial charge is 0.330 e. The van der Waals surface area contributed by atoms with Crippen molar-refractivity contribution >= 4 is 50.1 Å². The second-order valence-corrected chi connectivity index (χ2v) is 10.1. The molecule has 0 spiro atoms. The number of amides is 1. The first kappa shape index (κ1) is 18.0. The number of rotatable bonds is 5. The van der Waals surface area contributed by atoms with Crippen LogP contribution in [0.2, 0.25) is 0 Å². The highest BCUT2D eigenvalue weighted by atomic mass is 32.1. The summed E-state index contributed by atoms with van der Waals surface area (Å²) < 4.78 is 1.22. The Morgan fingerprint density at radius 3 is 2.89 bits per heavy atom. The molecule has 0 N–H and O–H groups in total. The van der Waals surface area contributed by atoms with E-state index in [1.807, 2.05) is 23.5 Å². The van der Waals surface area contributed by atoms with E-state index in [0.717, 1.165) is 36.3 Å². The molecule has 1 atom stereocenters. The Bertz CT molecular complexity index is 1060. The van der Waals surface area contributed by atoms with Crippen molar-refractivity contribution in [1.82, 2.24) is 9.88 Å². The van der Waals surface area contributed by atoms with Crippen LogP contribution in [0.25, 0.3) is 10.2 Å². The Kier molecular flexibility index (Phi) is 5.01. The summed E-state index contributed by atoms with van der Waals surface area (Å²) in [5.41, 5.74) is 2.38. The predicted molar refractivity (Wildman–Crippen MR) is 118 cm³/mol. The number of para-hydroxylation sites is 1. The monoisotopic (exact) mass is 424 g/mol. The first-order valence-corrected chi connectivity index (χ1v) is 12.1. The molecule has 1 aliphatic rings. The van der Waals surface area contributed by atoms with Gasteiger partial charge >= 0.3 is 0 Å². The molecule has 1 aliphatic heterocycles. The minimum Gasteiger partial charge on any atom is -0.330 e. The van der Waals surface area contributed by atoms with E-state index in [0.29, 0.717) is 6.42 Å². The first-order chi connectivity index (χ1) is 13.8. The molecule has 0 aliphatic carbocycles. The third kappa shape index (κ3) is 3.41. The van der Waals surface area contributed by atoms with E-state index in [2.05, 4.69) is 46.0 Å². The zero-order valence-corrected chi connectivity index (χ0v) is 17.8. The standard InChI is InChI=1S/C22H20N2OS3/c25-21(9-3-8-20-23-16-5-1-2-6-18(16)28-20)24-12-10-17-15(11-14-27-17)22(24)19-7-4-13-26-19/h1-2,4-7,11,13-14,22H,3,8-10,12H2/t22-/m1/s1. The van der Waals surface area contributed by atoms with E-state index in [1.54, 1.807) is 22.7 Å². The summed E-state index contributed by atoms with van der Waals surface area (Å²) in [6.45, 7) is 0.816. The van der Waals surface area contributed by atoms with Crippen LogP contribution in [0.3, 0.4) is 0 Å². The molecule has 0 bridgehead atoms. The number of nitrogens with zero attached hydrogens (tertiary/aromatic N) is 2. The molecule has 1 amide bonds. The molecule has 142 valence electrons. The van der Waals surface area contributed by atoms with Crippen molar-refractivity contribution in [2.75, 3.05) is 6.54 Å². The Morgan fingerprint density at radius 1 is 1.11 bits per heavy atom. The lowest BCUT2D eigenvalue weighted by molar-refractivity contribution is -0.133. The van der Waals surface area contributed by atoms with Crippen molar-refractivity contribution in [2.24, 2.45) is 0 Å². The van der Waals surface area contributed by atoms with Crippen molar-refractivity contribution in [3.05, 3.63) is 73.6 Å². The van der Waals surface area contributed by atoms with Crippen LogP contribution in [0, 0.1) is 0 Å². The summed E-state index contributed by atoms with van der Waals surface area (Å²) in [6, 6.07) is 14.8. The van der Waals surface area contributed by atoms with Crippen LogP contribution in [-0.4, -0.2) is 22.3 Å². The number of thiophene rings is 2. The van der Waals surface area contributed by atoms with Gasteiger partial charge in [0.2, 0.25) is 5.91 Å². The Labute approximate surface area is 176 Å². The van der Waals surface area contributed by atoms with E-state index >= 15 is 0 Å². The molecule has 1 aromatic carbocycles. The maximum absolute atomic E-state index is 13.1. The average molecular weight is 425 g/mol. The summed E-state index contributed by atoms with van der Waals surface area (Å²) in [7, 11) is 0. The van der Waals surface area contributed by atoms with E-state index in [1.165, 1.54) is 20.0 Å². The molecule has 0 radical (unpaired) electrons. The van der Waals surface area contributed by atoms with Crippen molar-refractivity contribution in [2.45, 2.75) is 31.7 Å². The fourth-order valence-electron chi connectivity index (χ4n) is 3.90. The lowest BCUT2D eigenvalue weighted by atomic mass is 9.98. The molecule has 4 heterocycles. The van der Waals surface area contributed by atoms with Crippen molar-refractivity contribution in [3.8, 4) is 0 Å². The number of carbonyl (C=O) groups is 1. The smallest absolute Gasteiger partial charge is 0.223 e. The number of fused-ring (bicyclic) bond motifs is 2. The van der Waals surface area contributed by atoms with Crippen LogP contribution in [-0.2, 0) is 17.6 Å². The van der Waals surface area contributed by atoms with Gasteiger partial charge in [-0.3, -0.25) is 4.79 Å². The summed E-state index contributed by atoms with van der Waals surface area (Å²) in [4.78, 5) is 22.6. The molecule has 0 saturated carbocycles. The third-order valence-corrected chi connectivity index (χ3v) is 8.24. The number of hydrogen-bond donors (Lipinski definition) is 0. The molecule has 0 saturated heterocycles. The van der Waals surface area contributed by atoms with Crippen molar-refractivity contribution < 1.29 is 4.79 Å². The van der Waals surface area contributed by atoms with Gasteiger partial charge in [-0.2, -0.15) is 0 Å².